The van der Waals surface area contributed by atoms with Gasteiger partial charge in [-0.15, -0.1) is 0 Å². The van der Waals surface area contributed by atoms with Gasteiger partial charge in [0.05, 0.1) is 11.0 Å². The third kappa shape index (κ3) is 1.61. The van der Waals surface area contributed by atoms with Crippen molar-refractivity contribution in [3.05, 3.63) is 33.8 Å². The maximum absolute atomic E-state index is 11.2. The summed E-state index contributed by atoms with van der Waals surface area (Å²) >= 11 is 3.23. The van der Waals surface area contributed by atoms with E-state index in [-0.39, 0.29) is 5.56 Å². The van der Waals surface area contributed by atoms with Crippen LogP contribution in [0.25, 0.3) is 0 Å². The minimum atomic E-state index is -1.09. The smallest absolute Gasteiger partial charge is 0.336 e. The maximum atomic E-state index is 11.2. The average molecular weight is 285 g/mol. The van der Waals surface area contributed by atoms with Crippen molar-refractivity contribution in [2.24, 2.45) is 0 Å². The van der Waals surface area contributed by atoms with Crippen molar-refractivity contribution in [2.75, 3.05) is 0 Å². The summed E-state index contributed by atoms with van der Waals surface area (Å²) in [5, 5.41) is 18.2. The molecule has 0 bridgehead atoms. The van der Waals surface area contributed by atoms with Crippen LogP contribution in [0.2, 0.25) is 0 Å². The Hall–Kier alpha value is -1.36. The Labute approximate surface area is 100 Å². The number of hydrogen-bond donors (Lipinski definition) is 2. The van der Waals surface area contributed by atoms with Crippen molar-refractivity contribution in [3.63, 3.8) is 0 Å². The monoisotopic (exact) mass is 284 g/mol. The zero-order valence-electron chi connectivity index (χ0n) is 8.24. The lowest BCUT2D eigenvalue weighted by atomic mass is 9.91. The molecule has 0 heterocycles. The zero-order chi connectivity index (χ0) is 11.9. The number of aliphatic carboxylic acids is 1. The number of rotatable bonds is 3. The molecule has 1 saturated carbocycles. The summed E-state index contributed by atoms with van der Waals surface area (Å²) in [5.41, 5.74) is -0.526. The first-order chi connectivity index (χ1) is 7.47. The summed E-state index contributed by atoms with van der Waals surface area (Å²) in [6, 6.07) is 4.63. The van der Waals surface area contributed by atoms with Crippen molar-refractivity contribution in [1.29, 1.82) is 0 Å². The highest BCUT2D eigenvalue weighted by atomic mass is 79.9. The van der Waals surface area contributed by atoms with Gasteiger partial charge in [0.15, 0.2) is 0 Å². The molecule has 1 aliphatic carbocycles. The Kier molecular flexibility index (Phi) is 2.50. The van der Waals surface area contributed by atoms with Crippen LogP contribution in [0.4, 0.5) is 0 Å². The molecule has 0 atom stereocenters. The van der Waals surface area contributed by atoms with E-state index in [0.29, 0.717) is 22.9 Å². The van der Waals surface area contributed by atoms with Crippen LogP contribution in [0.15, 0.2) is 22.7 Å². The van der Waals surface area contributed by atoms with E-state index >= 15 is 0 Å². The lowest BCUT2D eigenvalue weighted by Crippen LogP contribution is -2.22. The number of carboxylic acids is 2. The van der Waals surface area contributed by atoms with Gasteiger partial charge in [-0.05, 0) is 36.6 Å². The topological polar surface area (TPSA) is 74.6 Å². The molecule has 0 unspecified atom stereocenters. The van der Waals surface area contributed by atoms with Gasteiger partial charge >= 0.3 is 11.9 Å². The summed E-state index contributed by atoms with van der Waals surface area (Å²) < 4.78 is 0.694. The molecular formula is C11H9BrO4. The number of benzene rings is 1. The van der Waals surface area contributed by atoms with Crippen molar-refractivity contribution < 1.29 is 19.8 Å². The molecule has 2 N–H and O–H groups in total. The number of carbonyl (C=O) groups is 2. The standard InChI is InChI=1S/C11H9BrO4/c12-6-1-2-7(9(13)14)8(5-6)11(3-4-11)10(15)16/h1-2,5H,3-4H2,(H,13,14)(H,15,16). The number of halogens is 1. The van der Waals surface area contributed by atoms with Gasteiger partial charge in [0.1, 0.15) is 0 Å². The summed E-state index contributed by atoms with van der Waals surface area (Å²) in [6.07, 6.45) is 0.998. The zero-order valence-corrected chi connectivity index (χ0v) is 9.82. The summed E-state index contributed by atoms with van der Waals surface area (Å²) in [5.74, 6) is -2.04. The lowest BCUT2D eigenvalue weighted by molar-refractivity contribution is -0.140. The van der Waals surface area contributed by atoms with Crippen molar-refractivity contribution in [2.45, 2.75) is 18.3 Å². The molecule has 1 fully saturated rings. The first kappa shape index (κ1) is 11.1. The molecule has 5 heteroatoms. The molecule has 0 amide bonds. The van der Waals surface area contributed by atoms with Crippen molar-refractivity contribution in [1.82, 2.24) is 0 Å². The van der Waals surface area contributed by atoms with Crippen LogP contribution in [0.1, 0.15) is 28.8 Å². The molecule has 16 heavy (non-hydrogen) atoms. The number of aromatic carboxylic acids is 1. The molecule has 84 valence electrons. The Bertz CT molecular complexity index is 477. The average Bonchev–Trinajstić information content (AvgIpc) is 2.97. The van der Waals surface area contributed by atoms with Gasteiger partial charge < -0.3 is 10.2 Å². The molecule has 1 aliphatic rings. The first-order valence-electron chi connectivity index (χ1n) is 4.74. The van der Waals surface area contributed by atoms with E-state index < -0.39 is 17.4 Å². The van der Waals surface area contributed by atoms with Gasteiger partial charge in [-0.3, -0.25) is 4.79 Å². The van der Waals surface area contributed by atoms with Crippen LogP contribution in [-0.4, -0.2) is 22.2 Å². The maximum Gasteiger partial charge on any atom is 0.336 e. The largest absolute Gasteiger partial charge is 0.481 e. The van der Waals surface area contributed by atoms with Gasteiger partial charge in [0.2, 0.25) is 0 Å². The molecule has 0 aliphatic heterocycles. The molecular weight excluding hydrogens is 276 g/mol. The Morgan fingerprint density at radius 2 is 1.88 bits per heavy atom. The van der Waals surface area contributed by atoms with Crippen LogP contribution in [0.5, 0.6) is 0 Å². The van der Waals surface area contributed by atoms with Crippen LogP contribution in [-0.2, 0) is 10.2 Å². The molecule has 0 saturated heterocycles. The predicted octanol–water partition coefficient (Wildman–Crippen LogP) is 2.26. The molecule has 1 aromatic carbocycles. The highest BCUT2D eigenvalue weighted by Crippen LogP contribution is 2.50. The SMILES string of the molecule is O=C(O)c1ccc(Br)cc1C1(C(=O)O)CC1. The van der Waals surface area contributed by atoms with Gasteiger partial charge in [0, 0.05) is 4.47 Å². The number of carboxylic acid groups (broad SMARTS) is 2. The van der Waals surface area contributed by atoms with Crippen molar-refractivity contribution in [3.8, 4) is 0 Å². The van der Waals surface area contributed by atoms with E-state index in [1.807, 2.05) is 0 Å². The Morgan fingerprint density at radius 1 is 1.25 bits per heavy atom. The highest BCUT2D eigenvalue weighted by molar-refractivity contribution is 9.10. The molecule has 0 spiro atoms. The fourth-order valence-corrected chi connectivity index (χ4v) is 2.18. The fraction of sp³-hybridized carbons (Fsp3) is 0.273. The van der Waals surface area contributed by atoms with E-state index in [0.717, 1.165) is 0 Å². The number of hydrogen-bond acceptors (Lipinski definition) is 2. The summed E-state index contributed by atoms with van der Waals surface area (Å²) in [7, 11) is 0. The van der Waals surface area contributed by atoms with E-state index in [2.05, 4.69) is 15.9 Å². The second-order valence-electron chi connectivity index (χ2n) is 3.88. The molecule has 0 radical (unpaired) electrons. The van der Waals surface area contributed by atoms with Gasteiger partial charge in [0.25, 0.3) is 0 Å². The van der Waals surface area contributed by atoms with Gasteiger partial charge in [-0.2, -0.15) is 0 Å². The quantitative estimate of drug-likeness (QED) is 0.893. The third-order valence-electron chi connectivity index (χ3n) is 2.89. The molecule has 4 nitrogen and oxygen atoms in total. The normalized spacial score (nSPS) is 16.8. The molecule has 1 aromatic rings. The van der Waals surface area contributed by atoms with E-state index in [1.54, 1.807) is 12.1 Å². The Morgan fingerprint density at radius 3 is 2.31 bits per heavy atom. The summed E-state index contributed by atoms with van der Waals surface area (Å²) in [6.45, 7) is 0. The lowest BCUT2D eigenvalue weighted by Gasteiger charge is -2.13. The first-order valence-corrected chi connectivity index (χ1v) is 5.53. The van der Waals surface area contributed by atoms with Crippen molar-refractivity contribution >= 4 is 27.9 Å². The van der Waals surface area contributed by atoms with E-state index in [4.69, 9.17) is 10.2 Å². The fourth-order valence-electron chi connectivity index (χ4n) is 1.82. The van der Waals surface area contributed by atoms with Crippen LogP contribution < -0.4 is 0 Å². The van der Waals surface area contributed by atoms with E-state index in [9.17, 15) is 9.59 Å². The summed E-state index contributed by atoms with van der Waals surface area (Å²) in [4.78, 5) is 22.2. The molecule has 2 rings (SSSR count). The third-order valence-corrected chi connectivity index (χ3v) is 3.38. The van der Waals surface area contributed by atoms with Gasteiger partial charge in [-0.25, -0.2) is 4.79 Å². The van der Waals surface area contributed by atoms with Gasteiger partial charge in [-0.1, -0.05) is 15.9 Å². The minimum absolute atomic E-state index is 0.0723. The predicted molar refractivity (Wildman–Crippen MR) is 59.6 cm³/mol. The Balaban J connectivity index is 2.59. The minimum Gasteiger partial charge on any atom is -0.481 e. The second kappa shape index (κ2) is 3.59. The van der Waals surface area contributed by atoms with Crippen LogP contribution in [0.3, 0.4) is 0 Å². The van der Waals surface area contributed by atoms with Crippen LogP contribution >= 0.6 is 15.9 Å². The molecule has 0 aromatic heterocycles. The van der Waals surface area contributed by atoms with Crippen LogP contribution in [0, 0.1) is 0 Å². The van der Waals surface area contributed by atoms with E-state index in [1.165, 1.54) is 6.07 Å². The second-order valence-corrected chi connectivity index (χ2v) is 4.80. The highest BCUT2D eigenvalue weighted by Gasteiger charge is 2.53.